The number of unbranched alkanes of at least 4 members (excludes halogenated alkanes) is 51. The van der Waals surface area contributed by atoms with Crippen LogP contribution in [0.1, 0.15) is 406 Å². The lowest BCUT2D eigenvalue weighted by Crippen LogP contribution is -2.28. The minimum absolute atomic E-state index is 0.0630. The third kappa shape index (κ3) is 73.7. The minimum atomic E-state index is -0.775. The predicted octanol–water partition coefficient (Wildman–Crippen LogP) is 26.6. The Bertz CT molecular complexity index is 1490. The molecular weight excluding hydrogens is 1040 g/mol. The van der Waals surface area contributed by atoms with Crippen molar-refractivity contribution in [3.05, 3.63) is 72.9 Å². The first-order chi connectivity index (χ1) is 42.1. The molecule has 1 atom stereocenters. The highest BCUT2D eigenvalue weighted by Gasteiger charge is 2.16. The molecule has 85 heavy (non-hydrogen) atoms. The summed E-state index contributed by atoms with van der Waals surface area (Å²) in [6.45, 7) is 4.08. The van der Waals surface area contributed by atoms with Crippen LogP contribution in [-0.4, -0.2) is 36.4 Å². The third-order valence-corrected chi connectivity index (χ3v) is 17.3. The van der Waals surface area contributed by atoms with E-state index in [0.29, 0.717) is 12.8 Å². The van der Waals surface area contributed by atoms with Gasteiger partial charge in [0.05, 0.1) is 6.61 Å². The third-order valence-electron chi connectivity index (χ3n) is 17.3. The average molecular weight is 1190 g/mol. The number of esters is 2. The molecule has 0 aromatic rings. The largest absolute Gasteiger partial charge is 0.462 e. The molecule has 1 unspecified atom stereocenters. The normalized spacial score (nSPS) is 12.6. The van der Waals surface area contributed by atoms with Gasteiger partial charge in [0, 0.05) is 12.8 Å². The molecule has 496 valence electrons. The van der Waals surface area contributed by atoms with Gasteiger partial charge in [0.1, 0.15) is 6.61 Å². The first-order valence-electron chi connectivity index (χ1n) is 38.0. The van der Waals surface area contributed by atoms with Gasteiger partial charge in [-0.05, 0) is 64.2 Å². The Balaban J connectivity index is 3.40. The van der Waals surface area contributed by atoms with Crippen molar-refractivity contribution in [3.63, 3.8) is 0 Å². The van der Waals surface area contributed by atoms with Gasteiger partial charge in [-0.15, -0.1) is 0 Å². The van der Waals surface area contributed by atoms with Crippen molar-refractivity contribution in [2.24, 2.45) is 0 Å². The molecule has 0 aromatic carbocycles. The highest BCUT2D eigenvalue weighted by Crippen LogP contribution is 2.20. The van der Waals surface area contributed by atoms with Gasteiger partial charge in [0.2, 0.25) is 0 Å². The molecule has 0 aromatic heterocycles. The van der Waals surface area contributed by atoms with Crippen molar-refractivity contribution in [2.75, 3.05) is 13.2 Å². The molecule has 0 aliphatic heterocycles. The van der Waals surface area contributed by atoms with E-state index in [1.807, 2.05) is 0 Å². The van der Waals surface area contributed by atoms with E-state index in [1.165, 1.54) is 302 Å². The monoisotopic (exact) mass is 1190 g/mol. The fourth-order valence-electron chi connectivity index (χ4n) is 11.6. The number of carbonyl (C=O) groups is 2. The summed E-state index contributed by atoms with van der Waals surface area (Å²) >= 11 is 0. The van der Waals surface area contributed by atoms with Crippen LogP contribution in [0.2, 0.25) is 0 Å². The number of ether oxygens (including phenoxy) is 2. The number of allylic oxidation sites excluding steroid dienone is 12. The Morgan fingerprint density at radius 3 is 0.765 bits per heavy atom. The topological polar surface area (TPSA) is 72.8 Å². The first-order valence-corrected chi connectivity index (χ1v) is 38.0. The maximum atomic E-state index is 12.4. The van der Waals surface area contributed by atoms with Gasteiger partial charge >= 0.3 is 11.9 Å². The van der Waals surface area contributed by atoms with Gasteiger partial charge in [-0.1, -0.05) is 401 Å². The Morgan fingerprint density at radius 2 is 0.506 bits per heavy atom. The number of aliphatic hydroxyl groups excluding tert-OH is 1. The molecule has 0 radical (unpaired) electrons. The molecule has 0 amide bonds. The van der Waals surface area contributed by atoms with Crippen molar-refractivity contribution in [2.45, 2.75) is 412 Å². The summed E-state index contributed by atoms with van der Waals surface area (Å²) in [5, 5.41) is 9.72. The second kappa shape index (κ2) is 75.6. The molecule has 5 heteroatoms. The molecule has 0 saturated carbocycles. The minimum Gasteiger partial charge on any atom is -0.462 e. The predicted molar refractivity (Wildman–Crippen MR) is 376 cm³/mol. The van der Waals surface area contributed by atoms with Crippen molar-refractivity contribution in [3.8, 4) is 0 Å². The zero-order chi connectivity index (χ0) is 61.2. The van der Waals surface area contributed by atoms with Crippen molar-refractivity contribution in [1.29, 1.82) is 0 Å². The molecular formula is C80H146O5. The zero-order valence-corrected chi connectivity index (χ0v) is 57.1. The van der Waals surface area contributed by atoms with Crippen LogP contribution in [-0.2, 0) is 19.1 Å². The molecule has 0 fully saturated rings. The van der Waals surface area contributed by atoms with Gasteiger partial charge in [-0.25, -0.2) is 0 Å². The molecule has 0 bridgehead atoms. The average Bonchev–Trinajstić information content (AvgIpc) is 3.52. The Kier molecular flexibility index (Phi) is 73.2. The summed E-state index contributed by atoms with van der Waals surface area (Å²) < 4.78 is 10.8. The summed E-state index contributed by atoms with van der Waals surface area (Å²) in [4.78, 5) is 24.7. The fraction of sp³-hybridized carbons (Fsp3) is 0.825. The molecule has 0 heterocycles. The second-order valence-corrected chi connectivity index (χ2v) is 25.7. The highest BCUT2D eigenvalue weighted by molar-refractivity contribution is 5.70. The summed E-state index contributed by atoms with van der Waals surface area (Å²) in [7, 11) is 0. The number of hydrogen-bond acceptors (Lipinski definition) is 5. The second-order valence-electron chi connectivity index (χ2n) is 25.7. The molecule has 1 N–H and O–H groups in total. The van der Waals surface area contributed by atoms with Crippen LogP contribution < -0.4 is 0 Å². The highest BCUT2D eigenvalue weighted by atomic mass is 16.6. The Morgan fingerprint density at radius 1 is 0.282 bits per heavy atom. The van der Waals surface area contributed by atoms with E-state index in [0.717, 1.165) is 77.0 Å². The Hall–Kier alpha value is -2.66. The van der Waals surface area contributed by atoms with Gasteiger partial charge in [0.15, 0.2) is 6.10 Å². The van der Waals surface area contributed by atoms with Gasteiger partial charge in [0.25, 0.3) is 0 Å². The van der Waals surface area contributed by atoms with Gasteiger partial charge < -0.3 is 14.6 Å². The van der Waals surface area contributed by atoms with Crippen LogP contribution in [0.5, 0.6) is 0 Å². The SMILES string of the molecule is CC/C=C\C/C=C\C/C=C\C/C=C\C/C=C\C/C=C\CCCCCCCCCCCCCCCCC(=O)OC(CO)COC(=O)CCCCCCCCCCCCCCCCCCCCCCCCCCCCCCCCCCCCCCCC. The zero-order valence-electron chi connectivity index (χ0n) is 57.1. The molecule has 0 rings (SSSR count). The van der Waals surface area contributed by atoms with Gasteiger partial charge in [-0.2, -0.15) is 0 Å². The van der Waals surface area contributed by atoms with Crippen LogP contribution in [0, 0.1) is 0 Å². The Labute approximate surface area is 531 Å². The lowest BCUT2D eigenvalue weighted by Gasteiger charge is -2.15. The van der Waals surface area contributed by atoms with E-state index < -0.39 is 6.10 Å². The van der Waals surface area contributed by atoms with E-state index in [4.69, 9.17) is 9.47 Å². The first kappa shape index (κ1) is 82.3. The van der Waals surface area contributed by atoms with E-state index in [-0.39, 0.29) is 25.2 Å². The fourth-order valence-corrected chi connectivity index (χ4v) is 11.6. The van der Waals surface area contributed by atoms with Crippen LogP contribution in [0.15, 0.2) is 72.9 Å². The smallest absolute Gasteiger partial charge is 0.306 e. The number of rotatable bonds is 71. The van der Waals surface area contributed by atoms with Crippen molar-refractivity contribution in [1.82, 2.24) is 0 Å². The molecule has 0 spiro atoms. The quantitative estimate of drug-likeness (QED) is 0.0373. The maximum Gasteiger partial charge on any atom is 0.306 e. The van der Waals surface area contributed by atoms with E-state index in [2.05, 4.69) is 86.8 Å². The number of aliphatic hydroxyl groups is 1. The van der Waals surface area contributed by atoms with Crippen LogP contribution in [0.25, 0.3) is 0 Å². The lowest BCUT2D eigenvalue weighted by molar-refractivity contribution is -0.161. The molecule has 0 aliphatic carbocycles. The van der Waals surface area contributed by atoms with Crippen LogP contribution in [0.3, 0.4) is 0 Å². The van der Waals surface area contributed by atoms with E-state index >= 15 is 0 Å². The summed E-state index contributed by atoms with van der Waals surface area (Å²) in [5.41, 5.74) is 0. The lowest BCUT2D eigenvalue weighted by atomic mass is 10.0. The molecule has 5 nitrogen and oxygen atoms in total. The standard InChI is InChI=1S/C80H146O5/c1-3-5-7-9-11-13-15-17-19-21-23-25-27-29-31-33-35-37-38-39-40-41-43-44-46-48-50-52-54-56-58-60-62-64-66-68-70-72-74-79(82)84-77-78(76-81)85-80(83)75-73-71-69-67-65-63-61-59-57-55-53-51-49-47-45-42-36-34-32-30-28-26-24-22-20-18-16-14-12-10-8-6-4-2/h6,8,12,14,18,20,24,26,30,32,36,42,78,81H,3-5,7,9-11,13,15-17,19,21-23,25,27-29,31,33-35,37-41,43-77H2,1-2H3/b8-6-,14-12-,20-18-,26-24-,32-30-,42-36-. The number of carbonyl (C=O) groups excluding carboxylic acids is 2. The number of hydrogen-bond donors (Lipinski definition) is 1. The van der Waals surface area contributed by atoms with Gasteiger partial charge in [-0.3, -0.25) is 9.59 Å². The van der Waals surface area contributed by atoms with Crippen LogP contribution >= 0.6 is 0 Å². The maximum absolute atomic E-state index is 12.4. The van der Waals surface area contributed by atoms with E-state index in [9.17, 15) is 14.7 Å². The summed E-state index contributed by atoms with van der Waals surface area (Å²) in [6.07, 6.45) is 105. The van der Waals surface area contributed by atoms with Crippen LogP contribution in [0.4, 0.5) is 0 Å². The molecule has 0 saturated heterocycles. The summed E-state index contributed by atoms with van der Waals surface area (Å²) in [5.74, 6) is -0.572. The van der Waals surface area contributed by atoms with Crippen molar-refractivity contribution >= 4 is 11.9 Å². The van der Waals surface area contributed by atoms with Crippen molar-refractivity contribution < 1.29 is 24.2 Å². The summed E-state index contributed by atoms with van der Waals surface area (Å²) in [6, 6.07) is 0. The van der Waals surface area contributed by atoms with E-state index in [1.54, 1.807) is 0 Å². The molecule has 0 aliphatic rings.